The first-order valence-electron chi connectivity index (χ1n) is 7.31. The number of hydrogen-bond donors (Lipinski definition) is 0. The van der Waals surface area contributed by atoms with Crippen molar-refractivity contribution in [1.29, 1.82) is 0 Å². The van der Waals surface area contributed by atoms with E-state index in [4.69, 9.17) is 9.47 Å². The third-order valence-electron chi connectivity index (χ3n) is 5.20. The fraction of sp³-hybridized carbons (Fsp3) is 0.500. The van der Waals surface area contributed by atoms with Gasteiger partial charge in [-0.15, -0.1) is 0 Å². The van der Waals surface area contributed by atoms with Gasteiger partial charge in [-0.2, -0.15) is 0 Å². The molecular formula is C16H14O6. The molecule has 0 aromatic rings. The van der Waals surface area contributed by atoms with Crippen molar-refractivity contribution in [2.45, 2.75) is 26.7 Å². The minimum absolute atomic E-state index is 0.381. The summed E-state index contributed by atoms with van der Waals surface area (Å²) in [5.41, 5.74) is 3.17. The molecule has 22 heavy (non-hydrogen) atoms. The van der Waals surface area contributed by atoms with Crippen LogP contribution >= 0.6 is 0 Å². The zero-order valence-corrected chi connectivity index (χ0v) is 12.2. The zero-order valence-electron chi connectivity index (χ0n) is 12.2. The Balaban J connectivity index is 1.93. The molecule has 4 aliphatic rings. The minimum Gasteiger partial charge on any atom is -0.392 e. The summed E-state index contributed by atoms with van der Waals surface area (Å²) in [6, 6.07) is 0. The van der Waals surface area contributed by atoms with Gasteiger partial charge in [-0.05, 0) is 37.8 Å². The van der Waals surface area contributed by atoms with E-state index in [1.54, 1.807) is 0 Å². The van der Waals surface area contributed by atoms with Crippen LogP contribution in [0.5, 0.6) is 0 Å². The van der Waals surface area contributed by atoms with E-state index in [0.29, 0.717) is 12.8 Å². The predicted octanol–water partition coefficient (Wildman–Crippen LogP) is 1.06. The van der Waals surface area contributed by atoms with E-state index >= 15 is 0 Å². The van der Waals surface area contributed by atoms with Gasteiger partial charge in [-0.25, -0.2) is 0 Å². The lowest BCUT2D eigenvalue weighted by Gasteiger charge is -2.36. The molecule has 2 aliphatic carbocycles. The Labute approximate surface area is 126 Å². The predicted molar refractivity (Wildman–Crippen MR) is 70.8 cm³/mol. The van der Waals surface area contributed by atoms with Crippen molar-refractivity contribution < 1.29 is 28.7 Å². The van der Waals surface area contributed by atoms with Gasteiger partial charge >= 0.3 is 23.9 Å². The summed E-state index contributed by atoms with van der Waals surface area (Å²) >= 11 is 0. The summed E-state index contributed by atoms with van der Waals surface area (Å²) in [6.45, 7) is 3.68. The molecule has 0 aromatic heterocycles. The van der Waals surface area contributed by atoms with Gasteiger partial charge in [0.25, 0.3) is 0 Å². The molecule has 2 saturated heterocycles. The first-order valence-corrected chi connectivity index (χ1v) is 7.31. The van der Waals surface area contributed by atoms with Crippen molar-refractivity contribution in [1.82, 2.24) is 0 Å². The zero-order chi connectivity index (χ0) is 15.8. The molecular weight excluding hydrogens is 288 g/mol. The average Bonchev–Trinajstić information content (AvgIpc) is 2.87. The summed E-state index contributed by atoms with van der Waals surface area (Å²) in [5.74, 6) is -4.40. The normalized spacial score (nSPS) is 37.0. The SMILES string of the molecule is CC1=C2C(=C(C)CC3C(=O)OC(=O)C23)C2C(=O)OC(=O)C2C1. The van der Waals surface area contributed by atoms with Crippen molar-refractivity contribution in [2.75, 3.05) is 0 Å². The molecule has 0 radical (unpaired) electrons. The number of allylic oxidation sites excluding steroid dienone is 2. The molecule has 2 heterocycles. The van der Waals surface area contributed by atoms with Gasteiger partial charge in [0.05, 0.1) is 23.7 Å². The van der Waals surface area contributed by atoms with Crippen molar-refractivity contribution in [3.63, 3.8) is 0 Å². The molecule has 6 nitrogen and oxygen atoms in total. The Hall–Kier alpha value is -2.24. The maximum absolute atomic E-state index is 12.1. The molecule has 2 fully saturated rings. The van der Waals surface area contributed by atoms with E-state index < -0.39 is 47.5 Å². The van der Waals surface area contributed by atoms with Crippen LogP contribution in [0.1, 0.15) is 26.7 Å². The van der Waals surface area contributed by atoms with E-state index in [1.807, 2.05) is 13.8 Å². The Kier molecular flexibility index (Phi) is 2.53. The van der Waals surface area contributed by atoms with Crippen LogP contribution < -0.4 is 0 Å². The fourth-order valence-electron chi connectivity index (χ4n) is 4.32. The molecule has 0 saturated carbocycles. The van der Waals surface area contributed by atoms with Crippen molar-refractivity contribution in [2.24, 2.45) is 23.7 Å². The molecule has 0 amide bonds. The lowest BCUT2D eigenvalue weighted by atomic mass is 9.63. The average molecular weight is 302 g/mol. The second-order valence-electron chi connectivity index (χ2n) is 6.44. The largest absolute Gasteiger partial charge is 0.392 e. The number of hydrogen-bond acceptors (Lipinski definition) is 6. The summed E-state index contributed by atoms with van der Waals surface area (Å²) in [5, 5.41) is 0. The lowest BCUT2D eigenvalue weighted by Crippen LogP contribution is -2.35. The third kappa shape index (κ3) is 1.50. The molecule has 0 aromatic carbocycles. The summed E-state index contributed by atoms with van der Waals surface area (Å²) in [7, 11) is 0. The fourth-order valence-corrected chi connectivity index (χ4v) is 4.32. The van der Waals surface area contributed by atoms with Crippen LogP contribution in [0.4, 0.5) is 0 Å². The number of ether oxygens (including phenoxy) is 2. The third-order valence-corrected chi connectivity index (χ3v) is 5.20. The van der Waals surface area contributed by atoms with Gasteiger partial charge in [0.15, 0.2) is 0 Å². The Morgan fingerprint density at radius 3 is 1.41 bits per heavy atom. The summed E-state index contributed by atoms with van der Waals surface area (Å²) < 4.78 is 9.58. The van der Waals surface area contributed by atoms with Gasteiger partial charge in [0, 0.05) is 0 Å². The Morgan fingerprint density at radius 2 is 1.05 bits per heavy atom. The van der Waals surface area contributed by atoms with Gasteiger partial charge < -0.3 is 9.47 Å². The first kappa shape index (κ1) is 13.4. The molecule has 4 atom stereocenters. The van der Waals surface area contributed by atoms with Crippen LogP contribution in [0.25, 0.3) is 0 Å². The van der Waals surface area contributed by atoms with Gasteiger partial charge in [0.1, 0.15) is 0 Å². The quantitative estimate of drug-likeness (QED) is 0.491. The topological polar surface area (TPSA) is 86.7 Å². The van der Waals surface area contributed by atoms with E-state index in [1.165, 1.54) is 0 Å². The highest BCUT2D eigenvalue weighted by atomic mass is 16.6. The number of fused-ring (bicyclic) bond motifs is 5. The van der Waals surface area contributed by atoms with Gasteiger partial charge in [-0.3, -0.25) is 19.2 Å². The Morgan fingerprint density at radius 1 is 0.682 bits per heavy atom. The van der Waals surface area contributed by atoms with Crippen LogP contribution in [0.15, 0.2) is 22.3 Å². The second kappa shape index (κ2) is 4.15. The summed E-state index contributed by atoms with van der Waals surface area (Å²) in [6.07, 6.45) is 0.762. The van der Waals surface area contributed by atoms with Gasteiger partial charge in [-0.1, -0.05) is 11.1 Å². The highest BCUT2D eigenvalue weighted by Gasteiger charge is 2.57. The maximum Gasteiger partial charge on any atom is 0.321 e. The van der Waals surface area contributed by atoms with Crippen LogP contribution in [0.3, 0.4) is 0 Å². The maximum atomic E-state index is 12.1. The molecule has 0 spiro atoms. The van der Waals surface area contributed by atoms with E-state index in [0.717, 1.165) is 22.3 Å². The van der Waals surface area contributed by atoms with E-state index in [9.17, 15) is 19.2 Å². The van der Waals surface area contributed by atoms with Crippen molar-refractivity contribution in [3.8, 4) is 0 Å². The molecule has 4 rings (SSSR count). The minimum atomic E-state index is -0.643. The summed E-state index contributed by atoms with van der Waals surface area (Å²) in [4.78, 5) is 47.9. The number of cyclic esters (lactones) is 4. The monoisotopic (exact) mass is 302 g/mol. The highest BCUT2D eigenvalue weighted by molar-refractivity contribution is 6.03. The van der Waals surface area contributed by atoms with Crippen LogP contribution in [-0.2, 0) is 28.7 Å². The molecule has 0 N–H and O–H groups in total. The van der Waals surface area contributed by atoms with Crippen LogP contribution in [-0.4, -0.2) is 23.9 Å². The van der Waals surface area contributed by atoms with Crippen molar-refractivity contribution in [3.05, 3.63) is 22.3 Å². The first-order chi connectivity index (χ1) is 10.4. The highest BCUT2D eigenvalue weighted by Crippen LogP contribution is 2.53. The second-order valence-corrected chi connectivity index (χ2v) is 6.44. The standard InChI is InChI=1S/C16H14O6/c1-5-3-7-12(16(20)21-13(7)17)10-6(2)4-8-11(9(5)10)15(19)22-14(8)18/h7-8,11-12H,3-4H2,1-2H3. The van der Waals surface area contributed by atoms with E-state index in [-0.39, 0.29) is 0 Å². The van der Waals surface area contributed by atoms with Gasteiger partial charge in [0.2, 0.25) is 0 Å². The molecule has 4 unspecified atom stereocenters. The number of esters is 4. The lowest BCUT2D eigenvalue weighted by molar-refractivity contribution is -0.155. The smallest absolute Gasteiger partial charge is 0.321 e. The molecule has 114 valence electrons. The van der Waals surface area contributed by atoms with Crippen LogP contribution in [0, 0.1) is 23.7 Å². The van der Waals surface area contributed by atoms with Crippen LogP contribution in [0.2, 0.25) is 0 Å². The number of carbonyl (C=O) groups is 4. The van der Waals surface area contributed by atoms with Crippen molar-refractivity contribution >= 4 is 23.9 Å². The number of rotatable bonds is 0. The molecule has 6 heteroatoms. The Bertz CT molecular complexity index is 663. The van der Waals surface area contributed by atoms with E-state index in [2.05, 4.69) is 0 Å². The molecule has 0 bridgehead atoms. The molecule has 2 aliphatic heterocycles. The number of carbonyl (C=O) groups excluding carboxylic acids is 4.